The number of rotatable bonds is 3. The highest BCUT2D eigenvalue weighted by Gasteiger charge is 2.20. The van der Waals surface area contributed by atoms with Crippen LogP contribution in [0.4, 0.5) is 11.8 Å². The van der Waals surface area contributed by atoms with E-state index in [0.29, 0.717) is 12.0 Å². The molecule has 0 bridgehead atoms. The lowest BCUT2D eigenvalue weighted by Gasteiger charge is -2.20. The normalized spacial score (nSPS) is 21.2. The number of hydrogen-bond acceptors (Lipinski definition) is 5. The summed E-state index contributed by atoms with van der Waals surface area (Å²) in [5, 5.41) is 3.35. The molecule has 0 radical (unpaired) electrons. The van der Waals surface area contributed by atoms with Crippen molar-refractivity contribution in [1.29, 1.82) is 0 Å². The molecule has 1 saturated heterocycles. The maximum atomic E-state index is 5.57. The Kier molecular flexibility index (Phi) is 3.24. The number of nitrogens with one attached hydrogen (secondary N) is 1. The van der Waals surface area contributed by atoms with E-state index in [0.717, 1.165) is 17.9 Å². The number of likely N-dealkylation sites (tertiary alicyclic amines) is 1. The van der Waals surface area contributed by atoms with Crippen LogP contribution in [0.1, 0.15) is 18.4 Å². The Morgan fingerprint density at radius 1 is 1.62 bits per heavy atom. The monoisotopic (exact) mass is 221 g/mol. The van der Waals surface area contributed by atoms with Crippen LogP contribution in [0.2, 0.25) is 0 Å². The van der Waals surface area contributed by atoms with Crippen molar-refractivity contribution in [3.63, 3.8) is 0 Å². The lowest BCUT2D eigenvalue weighted by molar-refractivity contribution is 0.322. The van der Waals surface area contributed by atoms with Gasteiger partial charge in [0.15, 0.2) is 0 Å². The average molecular weight is 221 g/mol. The van der Waals surface area contributed by atoms with E-state index in [-0.39, 0.29) is 0 Å². The second kappa shape index (κ2) is 4.65. The van der Waals surface area contributed by atoms with Gasteiger partial charge in [0.1, 0.15) is 5.82 Å². The maximum absolute atomic E-state index is 5.57. The number of aromatic nitrogens is 2. The molecule has 0 aliphatic carbocycles. The summed E-state index contributed by atoms with van der Waals surface area (Å²) in [5.74, 6) is 1.18. The highest BCUT2D eigenvalue weighted by atomic mass is 15.2. The van der Waals surface area contributed by atoms with Crippen LogP contribution in [0.15, 0.2) is 6.20 Å². The zero-order valence-electron chi connectivity index (χ0n) is 9.90. The number of aryl methyl sites for hydroxylation is 1. The Morgan fingerprint density at radius 3 is 3.12 bits per heavy atom. The van der Waals surface area contributed by atoms with Crippen LogP contribution in [0.25, 0.3) is 0 Å². The minimum atomic E-state index is 0.327. The number of anilines is 2. The Balaban J connectivity index is 1.96. The van der Waals surface area contributed by atoms with Gasteiger partial charge in [0.25, 0.3) is 0 Å². The van der Waals surface area contributed by atoms with Crippen LogP contribution in [0.3, 0.4) is 0 Å². The van der Waals surface area contributed by atoms with Crippen molar-refractivity contribution < 1.29 is 0 Å². The lowest BCUT2D eigenvalue weighted by atomic mass is 10.2. The topological polar surface area (TPSA) is 67.1 Å². The molecule has 1 aliphatic heterocycles. The third kappa shape index (κ3) is 2.41. The fourth-order valence-electron chi connectivity index (χ4n) is 2.09. The van der Waals surface area contributed by atoms with Gasteiger partial charge < -0.3 is 16.0 Å². The molecule has 0 spiro atoms. The predicted molar refractivity (Wildman–Crippen MR) is 65.3 cm³/mol. The fourth-order valence-corrected chi connectivity index (χ4v) is 2.09. The van der Waals surface area contributed by atoms with Gasteiger partial charge in [0.05, 0.1) is 0 Å². The summed E-state index contributed by atoms with van der Waals surface area (Å²) in [5.41, 5.74) is 6.60. The number of likely N-dealkylation sites (N-methyl/N-ethyl adjacent to an activating group) is 1. The molecule has 1 aliphatic rings. The molecule has 2 heterocycles. The quantitative estimate of drug-likeness (QED) is 0.793. The molecule has 16 heavy (non-hydrogen) atoms. The van der Waals surface area contributed by atoms with Crippen molar-refractivity contribution in [3.05, 3.63) is 11.8 Å². The highest BCUT2D eigenvalue weighted by Crippen LogP contribution is 2.16. The van der Waals surface area contributed by atoms with Crippen molar-refractivity contribution in [2.75, 3.05) is 31.2 Å². The molecule has 88 valence electrons. The minimum Gasteiger partial charge on any atom is -0.368 e. The standard InChI is InChI=1S/C11H19N5/c1-8-6-14-11(12)15-10(8)13-7-9-4-3-5-16(9)2/h6,9H,3-5,7H2,1-2H3,(H3,12,13,14,15). The van der Waals surface area contributed by atoms with E-state index >= 15 is 0 Å². The van der Waals surface area contributed by atoms with E-state index in [9.17, 15) is 0 Å². The molecular formula is C11H19N5. The second-order valence-corrected chi connectivity index (χ2v) is 4.42. The van der Waals surface area contributed by atoms with E-state index in [2.05, 4.69) is 27.2 Å². The third-order valence-electron chi connectivity index (χ3n) is 3.17. The molecule has 5 nitrogen and oxygen atoms in total. The van der Waals surface area contributed by atoms with Crippen molar-refractivity contribution >= 4 is 11.8 Å². The van der Waals surface area contributed by atoms with Crippen molar-refractivity contribution in [2.24, 2.45) is 0 Å². The van der Waals surface area contributed by atoms with Gasteiger partial charge in [-0.1, -0.05) is 0 Å². The van der Waals surface area contributed by atoms with E-state index < -0.39 is 0 Å². The maximum Gasteiger partial charge on any atom is 0.221 e. The molecule has 0 saturated carbocycles. The smallest absolute Gasteiger partial charge is 0.221 e. The van der Waals surface area contributed by atoms with Crippen molar-refractivity contribution in [1.82, 2.24) is 14.9 Å². The Hall–Kier alpha value is -1.36. The summed E-state index contributed by atoms with van der Waals surface area (Å²) in [6.45, 7) is 4.10. The molecule has 1 aromatic rings. The van der Waals surface area contributed by atoms with E-state index in [1.807, 2.05) is 6.92 Å². The van der Waals surface area contributed by atoms with Gasteiger partial charge in [-0.3, -0.25) is 0 Å². The van der Waals surface area contributed by atoms with Crippen LogP contribution in [-0.2, 0) is 0 Å². The number of hydrogen-bond donors (Lipinski definition) is 2. The van der Waals surface area contributed by atoms with Gasteiger partial charge in [-0.15, -0.1) is 0 Å². The predicted octanol–water partition coefficient (Wildman–Crippen LogP) is 0.873. The summed E-state index contributed by atoms with van der Waals surface area (Å²) in [6, 6.07) is 0.607. The summed E-state index contributed by atoms with van der Waals surface area (Å²) >= 11 is 0. The molecule has 1 atom stereocenters. The number of nitrogens with zero attached hydrogens (tertiary/aromatic N) is 3. The number of nitrogen functional groups attached to an aromatic ring is 1. The van der Waals surface area contributed by atoms with Crippen molar-refractivity contribution in [3.8, 4) is 0 Å². The fraction of sp³-hybridized carbons (Fsp3) is 0.636. The second-order valence-electron chi connectivity index (χ2n) is 4.42. The first-order valence-corrected chi connectivity index (χ1v) is 5.70. The first-order chi connectivity index (χ1) is 7.66. The van der Waals surface area contributed by atoms with Crippen molar-refractivity contribution in [2.45, 2.75) is 25.8 Å². The lowest BCUT2D eigenvalue weighted by Crippen LogP contribution is -2.31. The molecule has 1 aromatic heterocycles. The van der Waals surface area contributed by atoms with Gasteiger partial charge in [0.2, 0.25) is 5.95 Å². The van der Waals surface area contributed by atoms with Crippen LogP contribution in [0.5, 0.6) is 0 Å². The summed E-state index contributed by atoms with van der Waals surface area (Å²) in [6.07, 6.45) is 4.29. The number of nitrogens with two attached hydrogens (primary N) is 1. The zero-order chi connectivity index (χ0) is 11.5. The summed E-state index contributed by atoms with van der Waals surface area (Å²) in [4.78, 5) is 10.5. The molecular weight excluding hydrogens is 202 g/mol. The first-order valence-electron chi connectivity index (χ1n) is 5.70. The molecule has 5 heteroatoms. The zero-order valence-corrected chi connectivity index (χ0v) is 9.90. The molecule has 0 amide bonds. The van der Waals surface area contributed by atoms with Crippen LogP contribution in [-0.4, -0.2) is 41.0 Å². The Bertz CT molecular complexity index is 365. The van der Waals surface area contributed by atoms with Crippen LogP contribution in [0, 0.1) is 6.92 Å². The van der Waals surface area contributed by atoms with E-state index in [1.165, 1.54) is 19.4 Å². The third-order valence-corrected chi connectivity index (χ3v) is 3.17. The van der Waals surface area contributed by atoms with Crippen LogP contribution >= 0.6 is 0 Å². The molecule has 1 unspecified atom stereocenters. The Morgan fingerprint density at radius 2 is 2.44 bits per heavy atom. The summed E-state index contributed by atoms with van der Waals surface area (Å²) < 4.78 is 0. The SMILES string of the molecule is Cc1cnc(N)nc1NCC1CCCN1C. The Labute approximate surface area is 96.1 Å². The van der Waals surface area contributed by atoms with Gasteiger partial charge in [-0.2, -0.15) is 4.98 Å². The van der Waals surface area contributed by atoms with Gasteiger partial charge in [0, 0.05) is 24.3 Å². The summed E-state index contributed by atoms with van der Waals surface area (Å²) in [7, 11) is 2.17. The van der Waals surface area contributed by atoms with Gasteiger partial charge >= 0.3 is 0 Å². The molecule has 2 rings (SSSR count). The van der Waals surface area contributed by atoms with Gasteiger partial charge in [-0.05, 0) is 33.4 Å². The molecule has 3 N–H and O–H groups in total. The van der Waals surface area contributed by atoms with Gasteiger partial charge in [-0.25, -0.2) is 4.98 Å². The first kappa shape index (κ1) is 11.1. The molecule has 1 fully saturated rings. The largest absolute Gasteiger partial charge is 0.368 e. The highest BCUT2D eigenvalue weighted by molar-refractivity contribution is 5.45. The minimum absolute atomic E-state index is 0.327. The van der Waals surface area contributed by atoms with Crippen LogP contribution < -0.4 is 11.1 Å². The average Bonchev–Trinajstić information content (AvgIpc) is 2.66. The molecule has 0 aromatic carbocycles. The van der Waals surface area contributed by atoms with E-state index in [4.69, 9.17) is 5.73 Å². The van der Waals surface area contributed by atoms with E-state index in [1.54, 1.807) is 6.20 Å².